The van der Waals surface area contributed by atoms with Crippen molar-refractivity contribution in [3.63, 3.8) is 0 Å². The summed E-state index contributed by atoms with van der Waals surface area (Å²) in [4.78, 5) is 19.6. The zero-order chi connectivity index (χ0) is 18.4. The number of benzene rings is 2. The molecule has 2 aromatic carbocycles. The first kappa shape index (κ1) is 16.2. The normalized spacial score (nSPS) is 21.7. The molecule has 0 bridgehead atoms. The fourth-order valence-electron chi connectivity index (χ4n) is 4.00. The van der Waals surface area contributed by atoms with E-state index in [-0.39, 0.29) is 23.9 Å². The van der Waals surface area contributed by atoms with Gasteiger partial charge in [-0.25, -0.2) is 4.68 Å². The third-order valence-corrected chi connectivity index (χ3v) is 5.63. The van der Waals surface area contributed by atoms with Crippen LogP contribution in [-0.4, -0.2) is 20.7 Å². The molecule has 5 heteroatoms. The summed E-state index contributed by atoms with van der Waals surface area (Å²) in [5.74, 6) is 0.982. The van der Waals surface area contributed by atoms with Gasteiger partial charge < -0.3 is 0 Å². The molecule has 0 saturated heterocycles. The van der Waals surface area contributed by atoms with Crippen molar-refractivity contribution >= 4 is 11.9 Å². The van der Waals surface area contributed by atoms with Gasteiger partial charge in [0, 0.05) is 5.92 Å². The average molecular weight is 358 g/mol. The molecule has 1 aliphatic heterocycles. The van der Waals surface area contributed by atoms with E-state index < -0.39 is 0 Å². The molecule has 136 valence electrons. The molecule has 5 rings (SSSR count). The van der Waals surface area contributed by atoms with Gasteiger partial charge in [0.1, 0.15) is 6.33 Å². The molecule has 2 heterocycles. The van der Waals surface area contributed by atoms with Crippen LogP contribution >= 0.6 is 0 Å². The summed E-state index contributed by atoms with van der Waals surface area (Å²) in [5, 5.41) is 4.48. The lowest BCUT2D eigenvalue weighted by atomic mass is 9.91. The van der Waals surface area contributed by atoms with Crippen LogP contribution in [0.2, 0.25) is 0 Å². The molecule has 1 amide bonds. The standard InChI is InChI=1S/C22H22N4O/c1-15-7-9-17(10-8-15)19-13-20(16-5-3-2-4-6-16)26-22(23-14-24-26)25(19)21(27)18-11-12-18/h2-10,14,18-20H,11-13H2,1H3/t19-,20+/m0/s1. The Balaban J connectivity index is 1.63. The minimum Gasteiger partial charge on any atom is -0.274 e. The number of hydrogen-bond donors (Lipinski definition) is 0. The number of carbonyl (C=O) groups excluding carboxylic acids is 1. The van der Waals surface area contributed by atoms with Crippen LogP contribution in [0.3, 0.4) is 0 Å². The number of carbonyl (C=O) groups is 1. The van der Waals surface area contributed by atoms with Gasteiger partial charge in [-0.1, -0.05) is 60.2 Å². The first-order valence-electron chi connectivity index (χ1n) is 9.56. The monoisotopic (exact) mass is 358 g/mol. The van der Waals surface area contributed by atoms with Crippen LogP contribution in [0, 0.1) is 12.8 Å². The van der Waals surface area contributed by atoms with Crippen molar-refractivity contribution in [3.8, 4) is 0 Å². The lowest BCUT2D eigenvalue weighted by molar-refractivity contribution is -0.120. The van der Waals surface area contributed by atoms with E-state index >= 15 is 0 Å². The lowest BCUT2D eigenvalue weighted by Gasteiger charge is -2.39. The number of fused-ring (bicyclic) bond motifs is 1. The Morgan fingerprint density at radius 2 is 1.67 bits per heavy atom. The zero-order valence-corrected chi connectivity index (χ0v) is 15.3. The molecule has 0 unspecified atom stereocenters. The van der Waals surface area contributed by atoms with E-state index in [2.05, 4.69) is 65.5 Å². The molecular formula is C22H22N4O. The molecule has 0 radical (unpaired) electrons. The van der Waals surface area contributed by atoms with Gasteiger partial charge in [-0.2, -0.15) is 10.1 Å². The van der Waals surface area contributed by atoms with Crippen molar-refractivity contribution in [2.24, 2.45) is 5.92 Å². The molecule has 27 heavy (non-hydrogen) atoms. The summed E-state index contributed by atoms with van der Waals surface area (Å²) in [6, 6.07) is 18.9. The maximum Gasteiger partial charge on any atom is 0.233 e. The van der Waals surface area contributed by atoms with E-state index in [9.17, 15) is 4.79 Å². The highest BCUT2D eigenvalue weighted by Crippen LogP contribution is 2.44. The van der Waals surface area contributed by atoms with Crippen LogP contribution in [-0.2, 0) is 4.79 Å². The molecule has 5 nitrogen and oxygen atoms in total. The van der Waals surface area contributed by atoms with E-state index in [1.807, 2.05) is 15.6 Å². The van der Waals surface area contributed by atoms with Crippen LogP contribution in [0.4, 0.5) is 5.95 Å². The van der Waals surface area contributed by atoms with Crippen LogP contribution < -0.4 is 4.90 Å². The fourth-order valence-corrected chi connectivity index (χ4v) is 4.00. The molecule has 1 saturated carbocycles. The molecule has 1 aromatic heterocycles. The number of anilines is 1. The first-order valence-corrected chi connectivity index (χ1v) is 9.56. The maximum absolute atomic E-state index is 13.2. The molecular weight excluding hydrogens is 336 g/mol. The van der Waals surface area contributed by atoms with E-state index in [0.717, 1.165) is 24.8 Å². The zero-order valence-electron chi connectivity index (χ0n) is 15.3. The number of aryl methyl sites for hydroxylation is 1. The quantitative estimate of drug-likeness (QED) is 0.709. The van der Waals surface area contributed by atoms with Crippen LogP contribution in [0.1, 0.15) is 48.0 Å². The minimum absolute atomic E-state index is 0.0272. The lowest BCUT2D eigenvalue weighted by Crippen LogP contribution is -2.43. The van der Waals surface area contributed by atoms with Gasteiger partial charge in [0.2, 0.25) is 11.9 Å². The van der Waals surface area contributed by atoms with E-state index in [4.69, 9.17) is 0 Å². The van der Waals surface area contributed by atoms with Crippen molar-refractivity contribution in [2.75, 3.05) is 4.90 Å². The van der Waals surface area contributed by atoms with E-state index in [1.54, 1.807) is 6.33 Å². The van der Waals surface area contributed by atoms with Crippen LogP contribution in [0.15, 0.2) is 60.9 Å². The topological polar surface area (TPSA) is 51.0 Å². The Morgan fingerprint density at radius 3 is 2.37 bits per heavy atom. The van der Waals surface area contributed by atoms with Crippen molar-refractivity contribution in [1.29, 1.82) is 0 Å². The number of amides is 1. The third-order valence-electron chi connectivity index (χ3n) is 5.63. The summed E-state index contributed by atoms with van der Waals surface area (Å²) in [6.07, 6.45) is 4.32. The summed E-state index contributed by atoms with van der Waals surface area (Å²) >= 11 is 0. The van der Waals surface area contributed by atoms with Gasteiger partial charge in [0.25, 0.3) is 0 Å². The Labute approximate surface area is 158 Å². The van der Waals surface area contributed by atoms with Crippen LogP contribution in [0.25, 0.3) is 0 Å². The fraction of sp³-hybridized carbons (Fsp3) is 0.318. The first-order chi connectivity index (χ1) is 13.2. The second-order valence-electron chi connectivity index (χ2n) is 7.58. The predicted molar refractivity (Wildman–Crippen MR) is 103 cm³/mol. The Kier molecular flexibility index (Phi) is 3.81. The van der Waals surface area contributed by atoms with Gasteiger partial charge in [-0.3, -0.25) is 9.69 Å². The predicted octanol–water partition coefficient (Wildman–Crippen LogP) is 4.06. The van der Waals surface area contributed by atoms with Crippen molar-refractivity contribution in [3.05, 3.63) is 77.6 Å². The number of nitrogens with zero attached hydrogens (tertiary/aromatic N) is 4. The van der Waals surface area contributed by atoms with Gasteiger partial charge in [0.05, 0.1) is 12.1 Å². The summed E-state index contributed by atoms with van der Waals surface area (Å²) in [7, 11) is 0. The second-order valence-corrected chi connectivity index (χ2v) is 7.58. The number of rotatable bonds is 3. The SMILES string of the molecule is Cc1ccc([C@@H]2C[C@H](c3ccccc3)n3ncnc3N2C(=O)C2CC2)cc1. The molecule has 1 fully saturated rings. The Hall–Kier alpha value is -2.95. The molecule has 3 aromatic rings. The Morgan fingerprint density at radius 1 is 0.963 bits per heavy atom. The van der Waals surface area contributed by atoms with Gasteiger partial charge in [0.15, 0.2) is 0 Å². The molecule has 2 aliphatic rings. The third kappa shape index (κ3) is 2.83. The highest BCUT2D eigenvalue weighted by molar-refractivity contribution is 5.96. The number of aromatic nitrogens is 3. The smallest absolute Gasteiger partial charge is 0.233 e. The summed E-state index contributed by atoms with van der Waals surface area (Å²) < 4.78 is 1.92. The van der Waals surface area contributed by atoms with Crippen LogP contribution in [0.5, 0.6) is 0 Å². The van der Waals surface area contributed by atoms with Crippen molar-refractivity contribution < 1.29 is 4.79 Å². The van der Waals surface area contributed by atoms with E-state index in [0.29, 0.717) is 5.95 Å². The minimum atomic E-state index is -0.0272. The summed E-state index contributed by atoms with van der Waals surface area (Å²) in [6.45, 7) is 2.08. The average Bonchev–Trinajstić information content (AvgIpc) is 3.44. The second kappa shape index (κ2) is 6.34. The molecule has 0 N–H and O–H groups in total. The highest BCUT2D eigenvalue weighted by Gasteiger charge is 2.44. The van der Waals surface area contributed by atoms with Crippen molar-refractivity contribution in [2.45, 2.75) is 38.3 Å². The maximum atomic E-state index is 13.2. The number of hydrogen-bond acceptors (Lipinski definition) is 3. The highest BCUT2D eigenvalue weighted by atomic mass is 16.2. The largest absolute Gasteiger partial charge is 0.274 e. The van der Waals surface area contributed by atoms with Crippen molar-refractivity contribution in [1.82, 2.24) is 14.8 Å². The van der Waals surface area contributed by atoms with Gasteiger partial charge in [-0.15, -0.1) is 0 Å². The summed E-state index contributed by atoms with van der Waals surface area (Å²) in [5.41, 5.74) is 3.57. The van der Waals surface area contributed by atoms with Gasteiger partial charge in [-0.05, 0) is 37.3 Å². The Bertz CT molecular complexity index is 959. The van der Waals surface area contributed by atoms with Gasteiger partial charge >= 0.3 is 0 Å². The molecule has 1 aliphatic carbocycles. The van der Waals surface area contributed by atoms with E-state index in [1.165, 1.54) is 11.1 Å². The molecule has 0 spiro atoms. The molecule has 2 atom stereocenters.